The van der Waals surface area contributed by atoms with Crippen LogP contribution in [0.2, 0.25) is 0 Å². The number of methoxy groups -OCH3 is 1. The fourth-order valence-electron chi connectivity index (χ4n) is 2.62. The molecule has 0 atom stereocenters. The number of nitrogens with zero attached hydrogens (tertiary/aromatic N) is 2. The number of carbonyl (C=O) groups excluding carboxylic acids is 1. The lowest BCUT2D eigenvalue weighted by molar-refractivity contribution is -0.132. The van der Waals surface area contributed by atoms with Gasteiger partial charge in [-0.05, 0) is 18.6 Å². The second-order valence-corrected chi connectivity index (χ2v) is 7.94. The highest BCUT2D eigenvalue weighted by atomic mass is 32.2. The molecule has 0 N–H and O–H groups in total. The number of ether oxygens (including phenoxy) is 2. The van der Waals surface area contributed by atoms with E-state index in [1.54, 1.807) is 4.90 Å². The maximum absolute atomic E-state index is 12.2. The van der Waals surface area contributed by atoms with Gasteiger partial charge in [-0.3, -0.25) is 4.79 Å². The minimum Gasteiger partial charge on any atom is -0.494 e. The van der Waals surface area contributed by atoms with Gasteiger partial charge >= 0.3 is 0 Å². The molecular formula is C17H26N2O5S. The van der Waals surface area contributed by atoms with E-state index in [9.17, 15) is 13.2 Å². The van der Waals surface area contributed by atoms with Crippen LogP contribution in [0, 0.1) is 0 Å². The first kappa shape index (κ1) is 19.7. The van der Waals surface area contributed by atoms with Crippen molar-refractivity contribution in [2.45, 2.75) is 12.8 Å². The zero-order chi connectivity index (χ0) is 18.1. The smallest absolute Gasteiger partial charge is 0.222 e. The van der Waals surface area contributed by atoms with Crippen LogP contribution in [0.3, 0.4) is 0 Å². The number of hydrogen-bond acceptors (Lipinski definition) is 5. The van der Waals surface area contributed by atoms with Crippen LogP contribution < -0.4 is 4.74 Å². The predicted octanol–water partition coefficient (Wildman–Crippen LogP) is 0.966. The van der Waals surface area contributed by atoms with Gasteiger partial charge in [0.05, 0.1) is 19.0 Å². The van der Waals surface area contributed by atoms with E-state index in [2.05, 4.69) is 0 Å². The molecule has 0 aromatic heterocycles. The Bertz CT molecular complexity index is 628. The van der Waals surface area contributed by atoms with Gasteiger partial charge in [-0.1, -0.05) is 18.2 Å². The summed E-state index contributed by atoms with van der Waals surface area (Å²) in [5, 5.41) is 0. The number of sulfonamides is 1. The maximum Gasteiger partial charge on any atom is 0.222 e. The van der Waals surface area contributed by atoms with Gasteiger partial charge in [0.1, 0.15) is 5.75 Å². The van der Waals surface area contributed by atoms with Crippen molar-refractivity contribution in [3.8, 4) is 5.75 Å². The van der Waals surface area contributed by atoms with Gasteiger partial charge in [-0.25, -0.2) is 8.42 Å². The number of para-hydroxylation sites is 1. The first-order valence-electron chi connectivity index (χ1n) is 8.45. The quantitative estimate of drug-likeness (QED) is 0.606. The molecule has 2 rings (SSSR count). The third-order valence-corrected chi connectivity index (χ3v) is 5.91. The second kappa shape index (κ2) is 9.74. The Morgan fingerprint density at radius 1 is 1.08 bits per heavy atom. The molecule has 1 heterocycles. The fourth-order valence-corrected chi connectivity index (χ4v) is 3.98. The minimum absolute atomic E-state index is 0.0196. The molecule has 1 aromatic rings. The van der Waals surface area contributed by atoms with E-state index in [1.165, 1.54) is 11.4 Å². The topological polar surface area (TPSA) is 76.2 Å². The monoisotopic (exact) mass is 370 g/mol. The van der Waals surface area contributed by atoms with Gasteiger partial charge < -0.3 is 14.4 Å². The molecule has 8 heteroatoms. The number of benzene rings is 1. The molecule has 1 fully saturated rings. The van der Waals surface area contributed by atoms with Crippen LogP contribution >= 0.6 is 0 Å². The molecule has 0 bridgehead atoms. The van der Waals surface area contributed by atoms with Crippen molar-refractivity contribution in [1.82, 2.24) is 9.21 Å². The number of carbonyl (C=O) groups is 1. The van der Waals surface area contributed by atoms with E-state index < -0.39 is 10.0 Å². The molecule has 0 saturated carbocycles. The molecule has 1 aliphatic heterocycles. The number of amides is 1. The summed E-state index contributed by atoms with van der Waals surface area (Å²) in [4.78, 5) is 13.9. The average Bonchev–Trinajstić information content (AvgIpc) is 2.64. The molecule has 1 aliphatic rings. The standard InChI is InChI=1S/C17H26N2O5S/c1-23-14-15-25(21,22)19-11-9-18(10-12-19)17(20)8-5-13-24-16-6-3-2-4-7-16/h2-4,6-7H,5,8-15H2,1H3. The second-order valence-electron chi connectivity index (χ2n) is 5.85. The summed E-state index contributed by atoms with van der Waals surface area (Å²) in [5.41, 5.74) is 0. The first-order valence-corrected chi connectivity index (χ1v) is 10.1. The van der Waals surface area contributed by atoms with Gasteiger partial charge in [-0.2, -0.15) is 4.31 Å². The number of rotatable bonds is 9. The summed E-state index contributed by atoms with van der Waals surface area (Å²) in [5.74, 6) is 0.823. The average molecular weight is 370 g/mol. The van der Waals surface area contributed by atoms with E-state index in [-0.39, 0.29) is 18.3 Å². The summed E-state index contributed by atoms with van der Waals surface area (Å²) < 4.78 is 36.0. The van der Waals surface area contributed by atoms with Crippen LogP contribution in [-0.2, 0) is 19.6 Å². The highest BCUT2D eigenvalue weighted by Gasteiger charge is 2.28. The van der Waals surface area contributed by atoms with Crippen molar-refractivity contribution in [3.63, 3.8) is 0 Å². The van der Waals surface area contributed by atoms with Gasteiger partial charge in [0.15, 0.2) is 0 Å². The molecule has 7 nitrogen and oxygen atoms in total. The lowest BCUT2D eigenvalue weighted by atomic mass is 10.2. The Hall–Kier alpha value is -1.64. The Morgan fingerprint density at radius 2 is 1.76 bits per heavy atom. The van der Waals surface area contributed by atoms with Crippen molar-refractivity contribution in [2.75, 3.05) is 52.3 Å². The minimum atomic E-state index is -3.30. The Morgan fingerprint density at radius 3 is 2.40 bits per heavy atom. The highest BCUT2D eigenvalue weighted by molar-refractivity contribution is 7.89. The largest absolute Gasteiger partial charge is 0.494 e. The third-order valence-electron chi connectivity index (χ3n) is 4.08. The molecule has 1 aromatic carbocycles. The van der Waals surface area contributed by atoms with E-state index in [0.29, 0.717) is 45.6 Å². The molecule has 0 unspecified atom stereocenters. The van der Waals surface area contributed by atoms with E-state index in [1.807, 2.05) is 30.3 Å². The zero-order valence-electron chi connectivity index (χ0n) is 14.6. The lowest BCUT2D eigenvalue weighted by Gasteiger charge is -2.34. The van der Waals surface area contributed by atoms with Gasteiger partial charge in [-0.15, -0.1) is 0 Å². The zero-order valence-corrected chi connectivity index (χ0v) is 15.4. The molecule has 0 spiro atoms. The van der Waals surface area contributed by atoms with Crippen molar-refractivity contribution < 1.29 is 22.7 Å². The molecule has 0 radical (unpaired) electrons. The molecular weight excluding hydrogens is 344 g/mol. The summed E-state index contributed by atoms with van der Waals surface area (Å²) in [7, 11) is -1.82. The Balaban J connectivity index is 1.67. The van der Waals surface area contributed by atoms with E-state index in [0.717, 1.165) is 5.75 Å². The van der Waals surface area contributed by atoms with Crippen LogP contribution in [-0.4, -0.2) is 75.8 Å². The predicted molar refractivity (Wildman–Crippen MR) is 95.0 cm³/mol. The van der Waals surface area contributed by atoms with Crippen molar-refractivity contribution >= 4 is 15.9 Å². The summed E-state index contributed by atoms with van der Waals surface area (Å²) in [6, 6.07) is 9.49. The van der Waals surface area contributed by atoms with Gasteiger partial charge in [0.25, 0.3) is 0 Å². The van der Waals surface area contributed by atoms with Crippen molar-refractivity contribution in [1.29, 1.82) is 0 Å². The Kier molecular flexibility index (Phi) is 7.67. The van der Waals surface area contributed by atoms with E-state index >= 15 is 0 Å². The van der Waals surface area contributed by atoms with Crippen molar-refractivity contribution in [2.24, 2.45) is 0 Å². The lowest BCUT2D eigenvalue weighted by Crippen LogP contribution is -2.51. The van der Waals surface area contributed by atoms with E-state index in [4.69, 9.17) is 9.47 Å². The third kappa shape index (κ3) is 6.30. The Labute approximate surface area is 149 Å². The van der Waals surface area contributed by atoms with Crippen LogP contribution in [0.5, 0.6) is 5.75 Å². The van der Waals surface area contributed by atoms with Crippen LogP contribution in [0.15, 0.2) is 30.3 Å². The van der Waals surface area contributed by atoms with Gasteiger partial charge in [0, 0.05) is 39.7 Å². The van der Waals surface area contributed by atoms with Crippen molar-refractivity contribution in [3.05, 3.63) is 30.3 Å². The van der Waals surface area contributed by atoms with Crippen LogP contribution in [0.25, 0.3) is 0 Å². The van der Waals surface area contributed by atoms with Crippen LogP contribution in [0.1, 0.15) is 12.8 Å². The molecule has 140 valence electrons. The number of piperazine rings is 1. The summed E-state index contributed by atoms with van der Waals surface area (Å²) in [6.45, 7) is 2.23. The van der Waals surface area contributed by atoms with Gasteiger partial charge in [0.2, 0.25) is 15.9 Å². The fraction of sp³-hybridized carbons (Fsp3) is 0.588. The molecule has 1 saturated heterocycles. The maximum atomic E-state index is 12.2. The highest BCUT2D eigenvalue weighted by Crippen LogP contribution is 2.11. The molecule has 0 aliphatic carbocycles. The molecule has 1 amide bonds. The molecule has 25 heavy (non-hydrogen) atoms. The number of hydrogen-bond donors (Lipinski definition) is 0. The summed E-state index contributed by atoms with van der Waals surface area (Å²) in [6.07, 6.45) is 1.04. The SMILES string of the molecule is COCCS(=O)(=O)N1CCN(C(=O)CCCOc2ccccc2)CC1. The first-order chi connectivity index (χ1) is 12.0. The summed E-state index contributed by atoms with van der Waals surface area (Å²) >= 11 is 0. The van der Waals surface area contributed by atoms with Crippen LogP contribution in [0.4, 0.5) is 0 Å². The normalized spacial score (nSPS) is 16.0.